The van der Waals surface area contributed by atoms with E-state index in [1.165, 1.54) is 16.6 Å². The fourth-order valence-corrected chi connectivity index (χ4v) is 4.20. The van der Waals surface area contributed by atoms with Crippen LogP contribution in [0, 0.1) is 5.92 Å². The lowest BCUT2D eigenvalue weighted by Crippen LogP contribution is -2.29. The molecule has 1 aliphatic heterocycles. The number of ether oxygens (including phenoxy) is 1. The van der Waals surface area contributed by atoms with E-state index in [0.29, 0.717) is 37.1 Å². The zero-order chi connectivity index (χ0) is 15.5. The fourth-order valence-electron chi connectivity index (χ4n) is 2.40. The molecular weight excluding hydrogens is 314 g/mol. The van der Waals surface area contributed by atoms with Crippen molar-refractivity contribution >= 4 is 27.4 Å². The number of aromatic nitrogens is 1. The van der Waals surface area contributed by atoms with E-state index in [-0.39, 0.29) is 10.8 Å². The quantitative estimate of drug-likeness (QED) is 0.859. The van der Waals surface area contributed by atoms with E-state index >= 15 is 0 Å². The number of hydrogen-bond acceptors (Lipinski definition) is 5. The van der Waals surface area contributed by atoms with Gasteiger partial charge in [0.2, 0.25) is 10.0 Å². The van der Waals surface area contributed by atoms with Gasteiger partial charge in [-0.3, -0.25) is 0 Å². The van der Waals surface area contributed by atoms with E-state index in [2.05, 4.69) is 10.3 Å². The summed E-state index contributed by atoms with van der Waals surface area (Å²) in [6.07, 6.45) is 2.16. The maximum atomic E-state index is 12.6. The van der Waals surface area contributed by atoms with Gasteiger partial charge in [0.1, 0.15) is 10.7 Å². The predicted octanol–water partition coefficient (Wildman–Crippen LogP) is 1.82. The van der Waals surface area contributed by atoms with Crippen LogP contribution in [0.1, 0.15) is 13.3 Å². The number of anilines is 1. The summed E-state index contributed by atoms with van der Waals surface area (Å²) < 4.78 is 31.7. The first-order chi connectivity index (χ1) is 9.98. The van der Waals surface area contributed by atoms with Crippen LogP contribution < -0.4 is 5.32 Å². The zero-order valence-electron chi connectivity index (χ0n) is 12.2. The maximum Gasteiger partial charge on any atom is 0.244 e. The Morgan fingerprint density at radius 1 is 1.57 bits per heavy atom. The van der Waals surface area contributed by atoms with Crippen molar-refractivity contribution in [3.63, 3.8) is 0 Å². The van der Waals surface area contributed by atoms with Crippen LogP contribution in [0.3, 0.4) is 0 Å². The minimum absolute atomic E-state index is 0.132. The van der Waals surface area contributed by atoms with Crippen LogP contribution in [0.25, 0.3) is 0 Å². The summed E-state index contributed by atoms with van der Waals surface area (Å²) in [6.45, 7) is 4.14. The number of halogens is 1. The van der Waals surface area contributed by atoms with Crippen molar-refractivity contribution < 1.29 is 13.2 Å². The first kappa shape index (κ1) is 16.5. The third-order valence-corrected chi connectivity index (χ3v) is 5.57. The van der Waals surface area contributed by atoms with Crippen molar-refractivity contribution in [1.29, 1.82) is 0 Å². The molecular formula is C13H20ClN3O3S. The van der Waals surface area contributed by atoms with Gasteiger partial charge in [-0.25, -0.2) is 13.4 Å². The summed E-state index contributed by atoms with van der Waals surface area (Å²) in [5.74, 6) is 0.742. The molecule has 1 atom stereocenters. The van der Waals surface area contributed by atoms with E-state index in [4.69, 9.17) is 16.3 Å². The van der Waals surface area contributed by atoms with E-state index in [1.807, 2.05) is 6.92 Å². The van der Waals surface area contributed by atoms with Crippen LogP contribution in [0.4, 0.5) is 5.82 Å². The van der Waals surface area contributed by atoms with Gasteiger partial charge in [-0.15, -0.1) is 0 Å². The second kappa shape index (κ2) is 6.91. The molecule has 0 saturated carbocycles. The molecule has 1 fully saturated rings. The Bertz CT molecular complexity index is 594. The first-order valence-electron chi connectivity index (χ1n) is 6.87. The van der Waals surface area contributed by atoms with Crippen molar-refractivity contribution in [2.45, 2.75) is 18.2 Å². The number of sulfonamides is 1. The summed E-state index contributed by atoms with van der Waals surface area (Å²) in [5, 5.41) is 3.29. The Morgan fingerprint density at radius 2 is 2.33 bits per heavy atom. The van der Waals surface area contributed by atoms with Gasteiger partial charge in [0.25, 0.3) is 0 Å². The molecule has 0 bridgehead atoms. The SMILES string of the molecule is CCNc1ncc(S(=O)(=O)N2CCC(COC)C2)cc1Cl. The normalized spacial score (nSPS) is 19.9. The Kier molecular flexibility index (Phi) is 5.43. The third-order valence-electron chi connectivity index (χ3n) is 3.45. The molecule has 1 aromatic heterocycles. The van der Waals surface area contributed by atoms with Crippen molar-refractivity contribution in [3.8, 4) is 0 Å². The molecule has 0 aliphatic carbocycles. The molecule has 6 nitrogen and oxygen atoms in total. The molecule has 0 aromatic carbocycles. The molecule has 1 aliphatic rings. The van der Waals surface area contributed by atoms with E-state index < -0.39 is 10.0 Å². The monoisotopic (exact) mass is 333 g/mol. The van der Waals surface area contributed by atoms with Gasteiger partial charge in [-0.1, -0.05) is 11.6 Å². The summed E-state index contributed by atoms with van der Waals surface area (Å²) >= 11 is 6.07. The summed E-state index contributed by atoms with van der Waals surface area (Å²) in [5.41, 5.74) is 0. The predicted molar refractivity (Wildman–Crippen MR) is 82.2 cm³/mol. The smallest absolute Gasteiger partial charge is 0.244 e. The van der Waals surface area contributed by atoms with Crippen molar-refractivity contribution in [1.82, 2.24) is 9.29 Å². The summed E-state index contributed by atoms with van der Waals surface area (Å²) in [4.78, 5) is 4.22. The molecule has 1 unspecified atom stereocenters. The molecule has 2 heterocycles. The second-order valence-corrected chi connectivity index (χ2v) is 7.35. The van der Waals surface area contributed by atoms with Gasteiger partial charge in [-0.05, 0) is 25.3 Å². The van der Waals surface area contributed by atoms with Gasteiger partial charge in [0.15, 0.2) is 0 Å². The molecule has 0 amide bonds. The van der Waals surface area contributed by atoms with E-state index in [9.17, 15) is 8.42 Å². The highest BCUT2D eigenvalue weighted by atomic mass is 35.5. The lowest BCUT2D eigenvalue weighted by Gasteiger charge is -2.17. The molecule has 2 rings (SSSR count). The Morgan fingerprint density at radius 3 is 2.95 bits per heavy atom. The van der Waals surface area contributed by atoms with Crippen LogP contribution in [-0.4, -0.2) is 51.1 Å². The molecule has 1 aromatic rings. The first-order valence-corrected chi connectivity index (χ1v) is 8.69. The van der Waals surface area contributed by atoms with Crippen molar-refractivity contribution in [2.75, 3.05) is 38.7 Å². The molecule has 0 spiro atoms. The topological polar surface area (TPSA) is 71.5 Å². The average Bonchev–Trinajstić information content (AvgIpc) is 2.91. The summed E-state index contributed by atoms with van der Waals surface area (Å²) in [6, 6.07) is 1.45. The lowest BCUT2D eigenvalue weighted by molar-refractivity contribution is 0.157. The number of nitrogens with one attached hydrogen (secondary N) is 1. The van der Waals surface area contributed by atoms with Gasteiger partial charge < -0.3 is 10.1 Å². The van der Waals surface area contributed by atoms with Crippen LogP contribution in [0.2, 0.25) is 5.02 Å². The van der Waals surface area contributed by atoms with Crippen molar-refractivity contribution in [2.24, 2.45) is 5.92 Å². The number of hydrogen-bond donors (Lipinski definition) is 1. The van der Waals surface area contributed by atoms with Gasteiger partial charge in [0.05, 0.1) is 11.6 Å². The maximum absolute atomic E-state index is 12.6. The standard InChI is InChI=1S/C13H20ClN3O3S/c1-3-15-13-12(14)6-11(7-16-13)21(18,19)17-5-4-10(8-17)9-20-2/h6-7,10H,3-5,8-9H2,1-2H3,(H,15,16). The third kappa shape index (κ3) is 3.66. The number of pyridine rings is 1. The van der Waals surface area contributed by atoms with Crippen LogP contribution >= 0.6 is 11.6 Å². The Balaban J connectivity index is 2.18. The summed E-state index contributed by atoms with van der Waals surface area (Å²) in [7, 11) is -1.92. The highest BCUT2D eigenvalue weighted by Crippen LogP contribution is 2.27. The van der Waals surface area contributed by atoms with Gasteiger partial charge >= 0.3 is 0 Å². The average molecular weight is 334 g/mol. The van der Waals surface area contributed by atoms with Crippen LogP contribution in [0.5, 0.6) is 0 Å². The molecule has 0 radical (unpaired) electrons. The van der Waals surface area contributed by atoms with Crippen LogP contribution in [-0.2, 0) is 14.8 Å². The van der Waals surface area contributed by atoms with Gasteiger partial charge in [-0.2, -0.15) is 4.31 Å². The highest BCUT2D eigenvalue weighted by molar-refractivity contribution is 7.89. The van der Waals surface area contributed by atoms with E-state index in [1.54, 1.807) is 7.11 Å². The van der Waals surface area contributed by atoms with Gasteiger partial charge in [0, 0.05) is 32.9 Å². The van der Waals surface area contributed by atoms with Crippen LogP contribution in [0.15, 0.2) is 17.2 Å². The minimum Gasteiger partial charge on any atom is -0.384 e. The number of rotatable bonds is 6. The molecule has 8 heteroatoms. The molecule has 1 N–H and O–H groups in total. The fraction of sp³-hybridized carbons (Fsp3) is 0.615. The van der Waals surface area contributed by atoms with E-state index in [0.717, 1.165) is 6.42 Å². The Hall–Kier alpha value is -0.890. The number of methoxy groups -OCH3 is 1. The zero-order valence-corrected chi connectivity index (χ0v) is 13.7. The number of nitrogens with zero attached hydrogens (tertiary/aromatic N) is 2. The molecule has 1 saturated heterocycles. The second-order valence-electron chi connectivity index (χ2n) is 5.00. The Labute approximate surface area is 130 Å². The lowest BCUT2D eigenvalue weighted by atomic mass is 10.1. The highest BCUT2D eigenvalue weighted by Gasteiger charge is 2.33. The molecule has 21 heavy (non-hydrogen) atoms. The minimum atomic E-state index is -3.54. The van der Waals surface area contributed by atoms with Crippen molar-refractivity contribution in [3.05, 3.63) is 17.3 Å². The largest absolute Gasteiger partial charge is 0.384 e. The molecule has 118 valence electrons.